The lowest BCUT2D eigenvalue weighted by Gasteiger charge is -2.43. The molecular formula is C23H33N7O7. The highest BCUT2D eigenvalue weighted by atomic mass is 16.6. The molecule has 14 heteroatoms. The fourth-order valence-corrected chi connectivity index (χ4v) is 4.28. The molecule has 2 aromatic rings. The molecule has 3 rings (SSSR count). The molecular weight excluding hydrogens is 486 g/mol. The highest BCUT2D eigenvalue weighted by Crippen LogP contribution is 2.29. The predicted molar refractivity (Wildman–Crippen MR) is 133 cm³/mol. The van der Waals surface area contributed by atoms with Gasteiger partial charge in [0.05, 0.1) is 23.7 Å². The van der Waals surface area contributed by atoms with Gasteiger partial charge < -0.3 is 31.5 Å². The minimum absolute atomic E-state index is 0.0645. The van der Waals surface area contributed by atoms with Crippen molar-refractivity contribution >= 4 is 17.3 Å². The number of β-amino-alcohol motifs (C(OH)–C–C–N with tert-alkyl or cyclic N) is 1. The molecule has 1 saturated heterocycles. The molecule has 14 nitrogen and oxygen atoms in total. The summed E-state index contributed by atoms with van der Waals surface area (Å²) in [7, 11) is 0. The van der Waals surface area contributed by atoms with E-state index in [0.717, 1.165) is 0 Å². The molecule has 0 radical (unpaired) electrons. The Morgan fingerprint density at radius 3 is 2.57 bits per heavy atom. The number of nitrogens with two attached hydrogens (primary N) is 1. The number of amides is 1. The smallest absolute Gasteiger partial charge is 0.293 e. The predicted octanol–water partition coefficient (Wildman–Crippen LogP) is -1.60. The summed E-state index contributed by atoms with van der Waals surface area (Å²) in [6, 6.07) is 5.58. The monoisotopic (exact) mass is 519 g/mol. The van der Waals surface area contributed by atoms with Crippen molar-refractivity contribution in [1.29, 1.82) is 0 Å². The van der Waals surface area contributed by atoms with Gasteiger partial charge in [0.2, 0.25) is 5.91 Å². The van der Waals surface area contributed by atoms with Gasteiger partial charge in [0.15, 0.2) is 5.82 Å². The van der Waals surface area contributed by atoms with Crippen LogP contribution in [0.15, 0.2) is 36.7 Å². The first-order valence-corrected chi connectivity index (χ1v) is 11.9. The van der Waals surface area contributed by atoms with Crippen LogP contribution in [0.1, 0.15) is 6.42 Å². The van der Waals surface area contributed by atoms with E-state index >= 15 is 0 Å². The molecule has 0 saturated carbocycles. The Balaban J connectivity index is 1.63. The van der Waals surface area contributed by atoms with Crippen LogP contribution in [0.4, 0.5) is 11.4 Å². The van der Waals surface area contributed by atoms with Crippen molar-refractivity contribution in [3.05, 3.63) is 46.8 Å². The molecule has 0 spiro atoms. The van der Waals surface area contributed by atoms with E-state index in [2.05, 4.69) is 15.3 Å². The summed E-state index contributed by atoms with van der Waals surface area (Å²) in [5.74, 6) is -0.107. The standard InChI is InChI=1S/C23H33N7O7/c24-20(33)4-8-28(10-11-29-13-19(32)22(35)21(34)18(29)14-31)9-7-25-16-3-2-15(12-17(16)30(36)37)23-26-5-1-6-27-23/h1-3,5-6,12,18-19,21-22,25,31-32,34-35H,4,7-11,13-14H2,(H2,24,33)/t18-,19+,21-,22-/m1/s1. The first-order chi connectivity index (χ1) is 17.7. The number of hydrogen-bond acceptors (Lipinski definition) is 12. The third-order valence-electron chi connectivity index (χ3n) is 6.36. The van der Waals surface area contributed by atoms with E-state index in [4.69, 9.17) is 5.73 Å². The van der Waals surface area contributed by atoms with Gasteiger partial charge in [0, 0.05) is 69.7 Å². The number of aromatic nitrogens is 2. The Morgan fingerprint density at radius 2 is 1.92 bits per heavy atom. The van der Waals surface area contributed by atoms with Crippen molar-refractivity contribution in [3.63, 3.8) is 0 Å². The molecule has 1 amide bonds. The second-order valence-electron chi connectivity index (χ2n) is 8.84. The summed E-state index contributed by atoms with van der Waals surface area (Å²) < 4.78 is 0. The van der Waals surface area contributed by atoms with Gasteiger partial charge in [-0.2, -0.15) is 0 Å². The van der Waals surface area contributed by atoms with Crippen molar-refractivity contribution in [2.75, 3.05) is 51.2 Å². The number of benzene rings is 1. The van der Waals surface area contributed by atoms with Gasteiger partial charge in [0.1, 0.15) is 17.9 Å². The summed E-state index contributed by atoms with van der Waals surface area (Å²) in [5.41, 5.74) is 6.00. The van der Waals surface area contributed by atoms with Gasteiger partial charge in [0.25, 0.3) is 5.69 Å². The second kappa shape index (κ2) is 13.3. The summed E-state index contributed by atoms with van der Waals surface area (Å²) >= 11 is 0. The van der Waals surface area contributed by atoms with Crippen LogP contribution in [0.5, 0.6) is 0 Å². The lowest BCUT2D eigenvalue weighted by Crippen LogP contribution is -2.63. The van der Waals surface area contributed by atoms with Gasteiger partial charge in [-0.25, -0.2) is 9.97 Å². The van der Waals surface area contributed by atoms with Crippen LogP contribution in [0, 0.1) is 10.1 Å². The molecule has 1 aromatic carbocycles. The summed E-state index contributed by atoms with van der Waals surface area (Å²) in [6.07, 6.45) is -0.616. The van der Waals surface area contributed by atoms with Crippen molar-refractivity contribution in [2.45, 2.75) is 30.8 Å². The molecule has 1 aliphatic rings. The van der Waals surface area contributed by atoms with E-state index in [1.165, 1.54) is 6.07 Å². The second-order valence-corrected chi connectivity index (χ2v) is 8.84. The molecule has 0 aliphatic carbocycles. The van der Waals surface area contributed by atoms with Crippen LogP contribution in [-0.4, -0.2) is 121 Å². The lowest BCUT2D eigenvalue weighted by atomic mass is 9.94. The number of nitro benzene ring substituents is 1. The lowest BCUT2D eigenvalue weighted by molar-refractivity contribution is -0.383. The molecule has 1 fully saturated rings. The molecule has 1 aliphatic heterocycles. The maximum Gasteiger partial charge on any atom is 0.293 e. The third kappa shape index (κ3) is 7.61. The number of nitrogens with one attached hydrogen (secondary N) is 1. The number of nitro groups is 1. The number of aliphatic hydroxyl groups excluding tert-OH is 4. The Labute approximate surface area is 213 Å². The van der Waals surface area contributed by atoms with Gasteiger partial charge >= 0.3 is 0 Å². The average Bonchev–Trinajstić information content (AvgIpc) is 2.89. The van der Waals surface area contributed by atoms with Gasteiger partial charge in [-0.05, 0) is 18.2 Å². The number of carbonyl (C=O) groups excluding carboxylic acids is 1. The van der Waals surface area contributed by atoms with E-state index < -0.39 is 41.8 Å². The van der Waals surface area contributed by atoms with Crippen LogP contribution in [0.3, 0.4) is 0 Å². The maximum atomic E-state index is 11.7. The number of piperidine rings is 1. The van der Waals surface area contributed by atoms with E-state index in [1.54, 1.807) is 35.5 Å². The van der Waals surface area contributed by atoms with Crippen molar-refractivity contribution < 1.29 is 30.1 Å². The number of hydrogen-bond donors (Lipinski definition) is 6. The first-order valence-electron chi connectivity index (χ1n) is 11.9. The SMILES string of the molecule is NC(=O)CCN(CCNc1ccc(-c2ncccn2)cc1[N+](=O)[O-])CCN1C[C@H](O)[C@@H](O)[C@H](O)[C@H]1CO. The number of anilines is 1. The van der Waals surface area contributed by atoms with Crippen LogP contribution in [0.2, 0.25) is 0 Å². The topological polar surface area (TPSA) is 211 Å². The highest BCUT2D eigenvalue weighted by Gasteiger charge is 2.40. The molecule has 7 N–H and O–H groups in total. The molecule has 0 unspecified atom stereocenters. The normalized spacial score (nSPS) is 22.2. The number of likely N-dealkylation sites (tertiary alicyclic amines) is 1. The third-order valence-corrected chi connectivity index (χ3v) is 6.36. The number of nitrogens with zero attached hydrogens (tertiary/aromatic N) is 5. The van der Waals surface area contributed by atoms with Crippen LogP contribution in [0.25, 0.3) is 11.4 Å². The summed E-state index contributed by atoms with van der Waals surface area (Å²) in [4.78, 5) is 34.4. The highest BCUT2D eigenvalue weighted by molar-refractivity contribution is 5.73. The van der Waals surface area contributed by atoms with E-state index in [0.29, 0.717) is 49.8 Å². The van der Waals surface area contributed by atoms with Gasteiger partial charge in [-0.1, -0.05) is 0 Å². The largest absolute Gasteiger partial charge is 0.395 e. The summed E-state index contributed by atoms with van der Waals surface area (Å²) in [6.45, 7) is 1.43. The zero-order valence-corrected chi connectivity index (χ0v) is 20.3. The molecule has 37 heavy (non-hydrogen) atoms. The van der Waals surface area contributed by atoms with Crippen LogP contribution in [-0.2, 0) is 4.79 Å². The minimum Gasteiger partial charge on any atom is -0.395 e. The Hall–Kier alpha value is -3.27. The molecule has 2 heterocycles. The number of carbonyl (C=O) groups is 1. The molecule has 4 atom stereocenters. The van der Waals surface area contributed by atoms with Crippen molar-refractivity contribution in [2.24, 2.45) is 5.73 Å². The van der Waals surface area contributed by atoms with Crippen LogP contribution >= 0.6 is 0 Å². The van der Waals surface area contributed by atoms with Gasteiger partial charge in [-0.15, -0.1) is 0 Å². The molecule has 1 aromatic heterocycles. The number of primary amides is 1. The molecule has 0 bridgehead atoms. The first kappa shape index (κ1) is 28.3. The van der Waals surface area contributed by atoms with Crippen LogP contribution < -0.4 is 11.1 Å². The van der Waals surface area contributed by atoms with Crippen molar-refractivity contribution in [1.82, 2.24) is 19.8 Å². The Bertz CT molecular complexity index is 1050. The number of rotatable bonds is 13. The Morgan fingerprint density at radius 1 is 1.19 bits per heavy atom. The number of aliphatic hydroxyl groups is 4. The van der Waals surface area contributed by atoms with Gasteiger partial charge in [-0.3, -0.25) is 24.7 Å². The van der Waals surface area contributed by atoms with Crippen molar-refractivity contribution in [3.8, 4) is 11.4 Å². The fraction of sp³-hybridized carbons (Fsp3) is 0.522. The van der Waals surface area contributed by atoms with E-state index in [9.17, 15) is 35.3 Å². The Kier molecular flexibility index (Phi) is 10.2. The van der Waals surface area contributed by atoms with E-state index in [-0.39, 0.29) is 18.7 Å². The van der Waals surface area contributed by atoms with E-state index in [1.807, 2.05) is 4.90 Å². The summed E-state index contributed by atoms with van der Waals surface area (Å²) in [5, 5.41) is 54.5. The molecule has 202 valence electrons. The minimum atomic E-state index is -1.35. The quantitative estimate of drug-likeness (QED) is 0.130. The zero-order chi connectivity index (χ0) is 26.9. The fourth-order valence-electron chi connectivity index (χ4n) is 4.28. The zero-order valence-electron chi connectivity index (χ0n) is 20.3. The average molecular weight is 520 g/mol. The maximum absolute atomic E-state index is 11.7.